The molecule has 0 aromatic heterocycles. The first kappa shape index (κ1) is 13.8. The van der Waals surface area contributed by atoms with E-state index in [4.69, 9.17) is 9.47 Å². The highest BCUT2D eigenvalue weighted by molar-refractivity contribution is 5.61. The topological polar surface area (TPSA) is 61.6 Å². The Bertz CT molecular complexity index is 480. The van der Waals surface area contributed by atoms with Crippen molar-refractivity contribution >= 4 is 6.08 Å². The van der Waals surface area contributed by atoms with Crippen LogP contribution in [0.15, 0.2) is 31.0 Å². The Kier molecular flexibility index (Phi) is 4.92. The number of hydrogen-bond donors (Lipinski definition) is 0. The van der Waals surface area contributed by atoms with Gasteiger partial charge >= 0.3 is 0 Å². The summed E-state index contributed by atoms with van der Waals surface area (Å²) >= 11 is 0. The van der Waals surface area contributed by atoms with E-state index in [-0.39, 0.29) is 0 Å². The summed E-state index contributed by atoms with van der Waals surface area (Å²) in [6, 6.07) is 3.50. The molecule has 5 nitrogen and oxygen atoms in total. The molecule has 0 heterocycles. The lowest BCUT2D eigenvalue weighted by Gasteiger charge is -2.11. The normalized spacial score (nSPS) is 10.3. The average Bonchev–Trinajstić information content (AvgIpc) is 2.36. The van der Waals surface area contributed by atoms with Crippen LogP contribution in [0.5, 0.6) is 11.5 Å². The number of allylic oxidation sites excluding steroid dienone is 1. The summed E-state index contributed by atoms with van der Waals surface area (Å²) in [6.45, 7) is 3.67. The van der Waals surface area contributed by atoms with Crippen molar-refractivity contribution in [1.29, 1.82) is 0 Å². The number of benzene rings is 1. The number of ether oxygens (including phenoxy) is 2. The van der Waals surface area contributed by atoms with Gasteiger partial charge in [-0.15, -0.1) is 6.58 Å². The van der Waals surface area contributed by atoms with E-state index in [9.17, 15) is 10.1 Å². The Morgan fingerprint density at radius 1 is 1.33 bits per heavy atom. The quantitative estimate of drug-likeness (QED) is 0.442. The number of methoxy groups -OCH3 is 2. The molecule has 0 unspecified atom stereocenters. The highest BCUT2D eigenvalue weighted by atomic mass is 16.6. The minimum absolute atomic E-state index is 0.524. The van der Waals surface area contributed by atoms with Gasteiger partial charge in [0.15, 0.2) is 0 Å². The summed E-state index contributed by atoms with van der Waals surface area (Å²) in [5, 5.41) is 10.3. The smallest absolute Gasteiger partial charge is 0.235 e. The van der Waals surface area contributed by atoms with Gasteiger partial charge in [-0.3, -0.25) is 10.1 Å². The van der Waals surface area contributed by atoms with Gasteiger partial charge in [-0.25, -0.2) is 0 Å². The summed E-state index contributed by atoms with van der Waals surface area (Å²) < 4.78 is 10.4. The van der Waals surface area contributed by atoms with Crippen molar-refractivity contribution in [2.75, 3.05) is 14.2 Å². The molecule has 0 aliphatic carbocycles. The van der Waals surface area contributed by atoms with Crippen LogP contribution in [0.3, 0.4) is 0 Å². The molecular formula is C13H15NO4. The van der Waals surface area contributed by atoms with Crippen molar-refractivity contribution in [3.63, 3.8) is 0 Å². The van der Waals surface area contributed by atoms with Gasteiger partial charge in [0, 0.05) is 17.2 Å². The average molecular weight is 249 g/mol. The fraction of sp³-hybridized carbons (Fsp3) is 0.231. The molecule has 0 fully saturated rings. The number of hydrogen-bond acceptors (Lipinski definition) is 4. The zero-order valence-corrected chi connectivity index (χ0v) is 10.4. The summed E-state index contributed by atoms with van der Waals surface area (Å²) in [5.41, 5.74) is 1.52. The SMILES string of the molecule is C=CCc1cc(OC)c(/C=C/[N+](=O)[O-])cc1OC. The second kappa shape index (κ2) is 6.44. The maximum absolute atomic E-state index is 10.3. The van der Waals surface area contributed by atoms with Crippen LogP contribution in [0.1, 0.15) is 11.1 Å². The van der Waals surface area contributed by atoms with Gasteiger partial charge in [0.2, 0.25) is 6.20 Å². The van der Waals surface area contributed by atoms with Crippen molar-refractivity contribution in [1.82, 2.24) is 0 Å². The fourth-order valence-electron chi connectivity index (χ4n) is 1.57. The van der Waals surface area contributed by atoms with E-state index in [1.807, 2.05) is 0 Å². The molecule has 0 saturated heterocycles. The molecular weight excluding hydrogens is 234 g/mol. The lowest BCUT2D eigenvalue weighted by Crippen LogP contribution is -1.96. The molecule has 5 heteroatoms. The van der Waals surface area contributed by atoms with Crippen molar-refractivity contribution in [3.8, 4) is 11.5 Å². The molecule has 18 heavy (non-hydrogen) atoms. The van der Waals surface area contributed by atoms with Crippen LogP contribution in [0.4, 0.5) is 0 Å². The zero-order valence-electron chi connectivity index (χ0n) is 10.4. The van der Waals surface area contributed by atoms with E-state index in [1.165, 1.54) is 13.2 Å². The molecule has 0 N–H and O–H groups in total. The fourth-order valence-corrected chi connectivity index (χ4v) is 1.57. The van der Waals surface area contributed by atoms with Gasteiger partial charge in [0.05, 0.1) is 19.1 Å². The Hall–Kier alpha value is -2.30. The van der Waals surface area contributed by atoms with Crippen molar-refractivity contribution in [2.45, 2.75) is 6.42 Å². The summed E-state index contributed by atoms with van der Waals surface area (Å²) in [5.74, 6) is 1.21. The van der Waals surface area contributed by atoms with E-state index >= 15 is 0 Å². The molecule has 0 saturated carbocycles. The molecule has 0 amide bonds. The maximum atomic E-state index is 10.3. The van der Waals surface area contributed by atoms with Gasteiger partial charge in [0.1, 0.15) is 11.5 Å². The highest BCUT2D eigenvalue weighted by Gasteiger charge is 2.09. The Labute approximate surface area is 105 Å². The third kappa shape index (κ3) is 3.35. The Balaban J connectivity index is 3.25. The second-order valence-corrected chi connectivity index (χ2v) is 3.50. The maximum Gasteiger partial charge on any atom is 0.235 e. The van der Waals surface area contributed by atoms with Gasteiger partial charge in [0.25, 0.3) is 0 Å². The molecule has 0 atom stereocenters. The summed E-state index contributed by atoms with van der Waals surface area (Å²) in [4.78, 5) is 9.81. The largest absolute Gasteiger partial charge is 0.496 e. The molecule has 0 radical (unpaired) electrons. The van der Waals surface area contributed by atoms with Crippen LogP contribution >= 0.6 is 0 Å². The molecule has 0 aliphatic heterocycles. The summed E-state index contributed by atoms with van der Waals surface area (Å²) in [6.07, 6.45) is 4.63. The van der Waals surface area contributed by atoms with Crippen LogP contribution in [-0.2, 0) is 6.42 Å². The van der Waals surface area contributed by atoms with Crippen molar-refractivity contribution in [3.05, 3.63) is 52.2 Å². The van der Waals surface area contributed by atoms with Crippen molar-refractivity contribution < 1.29 is 14.4 Å². The predicted octanol–water partition coefficient (Wildman–Crippen LogP) is 2.68. The van der Waals surface area contributed by atoms with Gasteiger partial charge in [-0.05, 0) is 18.6 Å². The zero-order chi connectivity index (χ0) is 13.5. The molecule has 1 aromatic rings. The van der Waals surface area contributed by atoms with E-state index in [0.29, 0.717) is 23.5 Å². The number of nitrogens with zero attached hydrogens (tertiary/aromatic N) is 1. The number of rotatable bonds is 6. The van der Waals surface area contributed by atoms with E-state index < -0.39 is 4.92 Å². The second-order valence-electron chi connectivity index (χ2n) is 3.50. The van der Waals surface area contributed by atoms with Gasteiger partial charge in [-0.2, -0.15) is 0 Å². The van der Waals surface area contributed by atoms with Crippen LogP contribution < -0.4 is 9.47 Å². The minimum Gasteiger partial charge on any atom is -0.496 e. The summed E-state index contributed by atoms with van der Waals surface area (Å²) in [7, 11) is 3.07. The molecule has 0 aliphatic rings. The van der Waals surface area contributed by atoms with Crippen LogP contribution in [0.2, 0.25) is 0 Å². The lowest BCUT2D eigenvalue weighted by molar-refractivity contribution is -0.400. The minimum atomic E-state index is -0.524. The Morgan fingerprint density at radius 3 is 2.50 bits per heavy atom. The van der Waals surface area contributed by atoms with E-state index in [1.54, 1.807) is 25.3 Å². The Morgan fingerprint density at radius 2 is 2.00 bits per heavy atom. The predicted molar refractivity (Wildman–Crippen MR) is 69.5 cm³/mol. The first-order chi connectivity index (χ1) is 8.62. The van der Waals surface area contributed by atoms with E-state index in [0.717, 1.165) is 11.8 Å². The van der Waals surface area contributed by atoms with Crippen LogP contribution in [-0.4, -0.2) is 19.1 Å². The van der Waals surface area contributed by atoms with Crippen LogP contribution in [0.25, 0.3) is 6.08 Å². The first-order valence-electron chi connectivity index (χ1n) is 5.29. The van der Waals surface area contributed by atoms with Crippen LogP contribution in [0, 0.1) is 10.1 Å². The first-order valence-corrected chi connectivity index (χ1v) is 5.29. The lowest BCUT2D eigenvalue weighted by atomic mass is 10.1. The number of nitro groups is 1. The molecule has 1 aromatic carbocycles. The van der Waals surface area contributed by atoms with E-state index in [2.05, 4.69) is 6.58 Å². The van der Waals surface area contributed by atoms with Crippen molar-refractivity contribution in [2.24, 2.45) is 0 Å². The molecule has 0 spiro atoms. The van der Waals surface area contributed by atoms with Gasteiger partial charge < -0.3 is 9.47 Å². The molecule has 0 bridgehead atoms. The molecule has 96 valence electrons. The third-order valence-corrected chi connectivity index (χ3v) is 2.37. The third-order valence-electron chi connectivity index (χ3n) is 2.37. The monoisotopic (exact) mass is 249 g/mol. The van der Waals surface area contributed by atoms with Gasteiger partial charge in [-0.1, -0.05) is 6.08 Å². The highest BCUT2D eigenvalue weighted by Crippen LogP contribution is 2.30. The molecule has 1 rings (SSSR count). The standard InChI is InChI=1S/C13H15NO4/c1-4-5-10-8-13(18-3)11(6-7-14(15)16)9-12(10)17-2/h4,6-9H,1,5H2,2-3H3/b7-6+.